The highest BCUT2D eigenvalue weighted by molar-refractivity contribution is 8.01. The lowest BCUT2D eigenvalue weighted by atomic mass is 10.3. The number of aromatic nitrogens is 2. The van der Waals surface area contributed by atoms with E-state index >= 15 is 0 Å². The maximum atomic E-state index is 12.3. The molecule has 1 aliphatic heterocycles. The van der Waals surface area contributed by atoms with Crippen molar-refractivity contribution >= 4 is 45.5 Å². The van der Waals surface area contributed by atoms with Gasteiger partial charge < -0.3 is 24.8 Å². The maximum absolute atomic E-state index is 12.3. The highest BCUT2D eigenvalue weighted by Crippen LogP contribution is 2.34. The number of hydrogen-bond acceptors (Lipinski definition) is 9. The molecule has 1 aliphatic rings. The van der Waals surface area contributed by atoms with Crippen LogP contribution in [-0.2, 0) is 4.79 Å². The van der Waals surface area contributed by atoms with Gasteiger partial charge >= 0.3 is 0 Å². The summed E-state index contributed by atoms with van der Waals surface area (Å²) in [5, 5.41) is 15.0. The number of thioether (sulfide) groups is 1. The van der Waals surface area contributed by atoms with E-state index in [9.17, 15) is 4.79 Å². The molecule has 8 nitrogen and oxygen atoms in total. The topological polar surface area (TPSA) is 94.6 Å². The predicted molar refractivity (Wildman–Crippen MR) is 128 cm³/mol. The first kappa shape index (κ1) is 21.1. The molecule has 1 amide bonds. The molecule has 0 bridgehead atoms. The second-order valence-electron chi connectivity index (χ2n) is 6.84. The van der Waals surface area contributed by atoms with Crippen LogP contribution in [-0.4, -0.2) is 28.7 Å². The van der Waals surface area contributed by atoms with Gasteiger partial charge in [-0.25, -0.2) is 0 Å². The Morgan fingerprint density at radius 3 is 2.55 bits per heavy atom. The first-order chi connectivity index (χ1) is 16.2. The fourth-order valence-corrected chi connectivity index (χ4v) is 4.54. The SMILES string of the molecule is O=C(CSc1nnc(Nc2ccc(Oc3ccccc3)cc2)s1)Nc1ccc2c(c1)OCO2. The number of para-hydroxylation sites is 1. The Balaban J connectivity index is 1.11. The van der Waals surface area contributed by atoms with Gasteiger partial charge in [-0.2, -0.15) is 0 Å². The van der Waals surface area contributed by atoms with Crippen molar-refractivity contribution in [1.82, 2.24) is 10.2 Å². The molecule has 0 unspecified atom stereocenters. The molecule has 0 fully saturated rings. The zero-order valence-electron chi connectivity index (χ0n) is 17.2. The van der Waals surface area contributed by atoms with E-state index in [1.807, 2.05) is 54.6 Å². The molecule has 0 radical (unpaired) electrons. The average molecular weight is 479 g/mol. The Kier molecular flexibility index (Phi) is 6.27. The molecule has 0 spiro atoms. The quantitative estimate of drug-likeness (QED) is 0.319. The summed E-state index contributed by atoms with van der Waals surface area (Å²) in [7, 11) is 0. The number of benzene rings is 3. The number of carbonyl (C=O) groups excluding carboxylic acids is 1. The average Bonchev–Trinajstić information content (AvgIpc) is 3.49. The summed E-state index contributed by atoms with van der Waals surface area (Å²) in [6.45, 7) is 0.196. The van der Waals surface area contributed by atoms with Gasteiger partial charge in [0, 0.05) is 17.4 Å². The van der Waals surface area contributed by atoms with Gasteiger partial charge in [0.15, 0.2) is 15.8 Å². The fourth-order valence-electron chi connectivity index (χ4n) is 2.97. The van der Waals surface area contributed by atoms with Crippen molar-refractivity contribution in [3.05, 3.63) is 72.8 Å². The molecule has 3 aromatic carbocycles. The number of fused-ring (bicyclic) bond motifs is 1. The van der Waals surface area contributed by atoms with Gasteiger partial charge in [0.25, 0.3) is 0 Å². The molecule has 2 heterocycles. The lowest BCUT2D eigenvalue weighted by Gasteiger charge is -2.07. The zero-order valence-corrected chi connectivity index (χ0v) is 18.8. The maximum Gasteiger partial charge on any atom is 0.234 e. The second-order valence-corrected chi connectivity index (χ2v) is 9.04. The van der Waals surface area contributed by atoms with Crippen molar-refractivity contribution in [3.8, 4) is 23.0 Å². The van der Waals surface area contributed by atoms with Crippen molar-refractivity contribution < 1.29 is 19.0 Å². The van der Waals surface area contributed by atoms with Crippen LogP contribution in [0.5, 0.6) is 23.0 Å². The molecule has 33 heavy (non-hydrogen) atoms. The van der Waals surface area contributed by atoms with Crippen LogP contribution >= 0.6 is 23.1 Å². The summed E-state index contributed by atoms with van der Waals surface area (Å²) in [4.78, 5) is 12.3. The van der Waals surface area contributed by atoms with Crippen LogP contribution in [0.2, 0.25) is 0 Å². The third kappa shape index (κ3) is 5.54. The molecule has 2 N–H and O–H groups in total. The molecule has 4 aromatic rings. The smallest absolute Gasteiger partial charge is 0.234 e. The zero-order chi connectivity index (χ0) is 22.5. The molecule has 0 saturated heterocycles. The molecule has 10 heteroatoms. The van der Waals surface area contributed by atoms with Gasteiger partial charge in [0.2, 0.25) is 17.8 Å². The van der Waals surface area contributed by atoms with E-state index in [1.54, 1.807) is 18.2 Å². The molecule has 0 saturated carbocycles. The van der Waals surface area contributed by atoms with E-state index in [0.717, 1.165) is 17.2 Å². The Labute approximate surface area is 197 Å². The van der Waals surface area contributed by atoms with E-state index in [2.05, 4.69) is 20.8 Å². The third-order valence-electron chi connectivity index (χ3n) is 4.47. The van der Waals surface area contributed by atoms with Crippen LogP contribution in [0.15, 0.2) is 77.1 Å². The van der Waals surface area contributed by atoms with Gasteiger partial charge in [-0.1, -0.05) is 41.3 Å². The van der Waals surface area contributed by atoms with Crippen LogP contribution in [0.4, 0.5) is 16.5 Å². The van der Waals surface area contributed by atoms with Gasteiger partial charge in [0.05, 0.1) is 5.75 Å². The lowest BCUT2D eigenvalue weighted by Crippen LogP contribution is -2.13. The van der Waals surface area contributed by atoms with E-state index < -0.39 is 0 Å². The summed E-state index contributed by atoms with van der Waals surface area (Å²) < 4.78 is 17.1. The Morgan fingerprint density at radius 2 is 1.70 bits per heavy atom. The highest BCUT2D eigenvalue weighted by Gasteiger charge is 2.15. The summed E-state index contributed by atoms with van der Waals surface area (Å²) >= 11 is 2.71. The first-order valence-electron chi connectivity index (χ1n) is 9.97. The number of nitrogens with zero attached hydrogens (tertiary/aromatic N) is 2. The van der Waals surface area contributed by atoms with Crippen LogP contribution in [0.3, 0.4) is 0 Å². The highest BCUT2D eigenvalue weighted by atomic mass is 32.2. The minimum Gasteiger partial charge on any atom is -0.457 e. The van der Waals surface area contributed by atoms with Crippen molar-refractivity contribution in [2.45, 2.75) is 4.34 Å². The predicted octanol–water partition coefficient (Wildman–Crippen LogP) is 5.53. The van der Waals surface area contributed by atoms with Crippen molar-refractivity contribution in [2.24, 2.45) is 0 Å². The van der Waals surface area contributed by atoms with Gasteiger partial charge in [-0.3, -0.25) is 4.79 Å². The molecular weight excluding hydrogens is 460 g/mol. The van der Waals surface area contributed by atoms with Crippen LogP contribution in [0.25, 0.3) is 0 Å². The normalized spacial score (nSPS) is 11.8. The third-order valence-corrected chi connectivity index (χ3v) is 6.45. The number of ether oxygens (including phenoxy) is 3. The Morgan fingerprint density at radius 1 is 0.939 bits per heavy atom. The molecule has 5 rings (SSSR count). The molecular formula is C23H18N4O4S2. The Hall–Kier alpha value is -3.76. The summed E-state index contributed by atoms with van der Waals surface area (Å²) in [6.07, 6.45) is 0. The summed E-state index contributed by atoms with van der Waals surface area (Å²) in [5.41, 5.74) is 1.52. The van der Waals surface area contributed by atoms with E-state index in [1.165, 1.54) is 23.1 Å². The monoisotopic (exact) mass is 478 g/mol. The number of anilines is 3. The summed E-state index contributed by atoms with van der Waals surface area (Å²) in [5.74, 6) is 2.90. The number of amides is 1. The number of rotatable bonds is 8. The van der Waals surface area contributed by atoms with Gasteiger partial charge in [-0.05, 0) is 48.5 Å². The lowest BCUT2D eigenvalue weighted by molar-refractivity contribution is -0.113. The minimum atomic E-state index is -0.141. The van der Waals surface area contributed by atoms with Gasteiger partial charge in [-0.15, -0.1) is 10.2 Å². The number of hydrogen-bond donors (Lipinski definition) is 2. The molecule has 0 atom stereocenters. The molecule has 1 aromatic heterocycles. The summed E-state index contributed by atoms with van der Waals surface area (Å²) in [6, 6.07) is 22.5. The van der Waals surface area contributed by atoms with E-state index in [0.29, 0.717) is 26.7 Å². The standard InChI is InChI=1S/C23H18N4O4S2/c28-21(24-16-8-11-19-20(12-16)30-14-29-19)13-32-23-27-26-22(33-23)25-15-6-9-18(10-7-15)31-17-4-2-1-3-5-17/h1-12H,13-14H2,(H,24,28)(H,25,26). The first-order valence-corrected chi connectivity index (χ1v) is 11.8. The molecule has 166 valence electrons. The Bertz CT molecular complexity index is 1250. The minimum absolute atomic E-state index is 0.141. The largest absolute Gasteiger partial charge is 0.457 e. The molecule has 0 aliphatic carbocycles. The number of carbonyl (C=O) groups is 1. The van der Waals surface area contributed by atoms with Gasteiger partial charge in [0.1, 0.15) is 11.5 Å². The number of nitrogens with one attached hydrogen (secondary N) is 2. The van der Waals surface area contributed by atoms with E-state index in [-0.39, 0.29) is 18.5 Å². The van der Waals surface area contributed by atoms with Crippen molar-refractivity contribution in [1.29, 1.82) is 0 Å². The van der Waals surface area contributed by atoms with Crippen molar-refractivity contribution in [2.75, 3.05) is 23.2 Å². The van der Waals surface area contributed by atoms with Crippen LogP contribution in [0.1, 0.15) is 0 Å². The van der Waals surface area contributed by atoms with E-state index in [4.69, 9.17) is 14.2 Å². The van der Waals surface area contributed by atoms with Crippen molar-refractivity contribution in [3.63, 3.8) is 0 Å². The fraction of sp³-hybridized carbons (Fsp3) is 0.0870. The van der Waals surface area contributed by atoms with Crippen LogP contribution in [0, 0.1) is 0 Å². The van der Waals surface area contributed by atoms with Crippen LogP contribution < -0.4 is 24.8 Å². The second kappa shape index (κ2) is 9.80.